The zero-order valence-electron chi connectivity index (χ0n) is 6.81. The monoisotopic (exact) mass is 158 g/mol. The molecule has 0 spiro atoms. The molecule has 0 aromatic rings. The zero-order chi connectivity index (χ0) is 7.78. The summed E-state index contributed by atoms with van der Waals surface area (Å²) in [6, 6.07) is 0. The lowest BCUT2D eigenvalue weighted by Crippen LogP contribution is -2.20. The van der Waals surface area contributed by atoms with Gasteiger partial charge in [-0.3, -0.25) is 4.79 Å². The minimum atomic E-state index is 0.302. The molecule has 0 aliphatic carbocycles. The first-order valence-corrected chi connectivity index (χ1v) is 4.68. The molecule has 0 aromatic heterocycles. The van der Waals surface area contributed by atoms with E-state index in [0.717, 1.165) is 12.2 Å². The largest absolute Gasteiger partial charge is 0.299 e. The summed E-state index contributed by atoms with van der Waals surface area (Å²) in [7, 11) is 0. The lowest BCUT2D eigenvalue weighted by molar-refractivity contribution is -0.116. The second-order valence-electron chi connectivity index (χ2n) is 3.91. The van der Waals surface area contributed by atoms with Crippen LogP contribution in [0.3, 0.4) is 0 Å². The number of Topliss-reactive ketones (excluding diaryl/α,β-unsaturated/α-hetero) is 1. The van der Waals surface area contributed by atoms with E-state index in [1.165, 1.54) is 0 Å². The number of ketones is 1. The van der Waals surface area contributed by atoms with Crippen molar-refractivity contribution >= 4 is 17.5 Å². The van der Waals surface area contributed by atoms with Crippen molar-refractivity contribution in [3.63, 3.8) is 0 Å². The van der Waals surface area contributed by atoms with Crippen molar-refractivity contribution in [1.82, 2.24) is 0 Å². The number of carbonyl (C=O) groups is 1. The van der Waals surface area contributed by atoms with E-state index < -0.39 is 0 Å². The van der Waals surface area contributed by atoms with Crippen LogP contribution in [0.25, 0.3) is 0 Å². The smallest absolute Gasteiger partial charge is 0.143 e. The Morgan fingerprint density at radius 3 is 2.30 bits per heavy atom. The Bertz CT molecular complexity index is 146. The summed E-state index contributed by atoms with van der Waals surface area (Å²) in [5.74, 6) is 1.16. The van der Waals surface area contributed by atoms with Crippen LogP contribution < -0.4 is 0 Å². The third-order valence-corrected chi connectivity index (χ3v) is 3.59. The molecule has 2 heteroatoms. The highest BCUT2D eigenvalue weighted by molar-refractivity contribution is 8.01. The lowest BCUT2D eigenvalue weighted by Gasteiger charge is -2.24. The van der Waals surface area contributed by atoms with Crippen LogP contribution in [0.5, 0.6) is 0 Å². The van der Waals surface area contributed by atoms with Crippen LogP contribution in [0, 0.1) is 5.41 Å². The first-order chi connectivity index (χ1) is 4.50. The number of thioether (sulfide) groups is 1. The van der Waals surface area contributed by atoms with Gasteiger partial charge in [0.05, 0.1) is 5.75 Å². The normalized spacial score (nSPS) is 27.5. The molecular formula is C8H14OS. The van der Waals surface area contributed by atoms with Crippen molar-refractivity contribution in [2.75, 3.05) is 5.75 Å². The van der Waals surface area contributed by atoms with Gasteiger partial charge < -0.3 is 0 Å². The molecule has 0 unspecified atom stereocenters. The molecule has 0 N–H and O–H groups in total. The summed E-state index contributed by atoms with van der Waals surface area (Å²) in [4.78, 5) is 10.9. The first kappa shape index (κ1) is 8.12. The quantitative estimate of drug-likeness (QED) is 0.537. The molecule has 1 atom stereocenters. The van der Waals surface area contributed by atoms with Gasteiger partial charge in [-0.25, -0.2) is 0 Å². The third kappa shape index (κ3) is 1.75. The topological polar surface area (TPSA) is 17.1 Å². The Balaban J connectivity index is 2.53. The fourth-order valence-corrected chi connectivity index (χ4v) is 2.38. The number of carbonyl (C=O) groups excluding carboxylic acids is 1. The number of hydrogen-bond donors (Lipinski definition) is 0. The SMILES string of the molecule is CC(C)(C)[C@@H]1CC(=O)CS1. The summed E-state index contributed by atoms with van der Waals surface area (Å²) < 4.78 is 0. The van der Waals surface area contributed by atoms with Gasteiger partial charge >= 0.3 is 0 Å². The van der Waals surface area contributed by atoms with E-state index in [2.05, 4.69) is 20.8 Å². The average Bonchev–Trinajstić information content (AvgIpc) is 2.11. The van der Waals surface area contributed by atoms with Crippen molar-refractivity contribution in [2.45, 2.75) is 32.4 Å². The summed E-state index contributed by atoms with van der Waals surface area (Å²) in [5.41, 5.74) is 0.302. The molecule has 1 aliphatic rings. The summed E-state index contributed by atoms with van der Waals surface area (Å²) in [5, 5.41) is 0.556. The van der Waals surface area contributed by atoms with Crippen LogP contribution >= 0.6 is 11.8 Å². The predicted octanol–water partition coefficient (Wildman–Crippen LogP) is 2.11. The van der Waals surface area contributed by atoms with Gasteiger partial charge in [0.2, 0.25) is 0 Å². The Morgan fingerprint density at radius 1 is 1.50 bits per heavy atom. The highest BCUT2D eigenvalue weighted by Gasteiger charge is 2.32. The molecule has 0 radical (unpaired) electrons. The second-order valence-corrected chi connectivity index (χ2v) is 5.10. The molecule has 1 nitrogen and oxygen atoms in total. The lowest BCUT2D eigenvalue weighted by atomic mass is 9.89. The van der Waals surface area contributed by atoms with Crippen LogP contribution in [0.2, 0.25) is 0 Å². The molecule has 1 rings (SSSR count). The van der Waals surface area contributed by atoms with E-state index in [1.807, 2.05) is 11.8 Å². The average molecular weight is 158 g/mol. The predicted molar refractivity (Wildman–Crippen MR) is 45.3 cm³/mol. The van der Waals surface area contributed by atoms with Crippen molar-refractivity contribution in [1.29, 1.82) is 0 Å². The van der Waals surface area contributed by atoms with Crippen LogP contribution in [0.4, 0.5) is 0 Å². The molecule has 0 aromatic carbocycles. The second kappa shape index (κ2) is 2.57. The maximum Gasteiger partial charge on any atom is 0.143 e. The maximum absolute atomic E-state index is 10.9. The van der Waals surface area contributed by atoms with Gasteiger partial charge in [-0.1, -0.05) is 20.8 Å². The maximum atomic E-state index is 10.9. The van der Waals surface area contributed by atoms with Gasteiger partial charge in [-0.15, -0.1) is 11.8 Å². The van der Waals surface area contributed by atoms with Crippen molar-refractivity contribution in [3.8, 4) is 0 Å². The molecule has 0 saturated carbocycles. The van der Waals surface area contributed by atoms with Gasteiger partial charge in [0, 0.05) is 11.7 Å². The Hall–Kier alpha value is 0.0200. The summed E-state index contributed by atoms with van der Waals surface area (Å²) in [6.45, 7) is 6.59. The molecule has 0 bridgehead atoms. The zero-order valence-corrected chi connectivity index (χ0v) is 7.62. The van der Waals surface area contributed by atoms with E-state index in [-0.39, 0.29) is 0 Å². The van der Waals surface area contributed by atoms with Crippen LogP contribution in [-0.4, -0.2) is 16.8 Å². The highest BCUT2D eigenvalue weighted by Crippen LogP contribution is 2.37. The Labute approximate surface area is 66.6 Å². The summed E-state index contributed by atoms with van der Waals surface area (Å²) >= 11 is 1.81. The van der Waals surface area contributed by atoms with Crippen LogP contribution in [-0.2, 0) is 4.79 Å². The Morgan fingerprint density at radius 2 is 2.10 bits per heavy atom. The molecule has 0 amide bonds. The molecule has 1 aliphatic heterocycles. The van der Waals surface area contributed by atoms with Crippen molar-refractivity contribution < 1.29 is 4.79 Å². The van der Waals surface area contributed by atoms with E-state index >= 15 is 0 Å². The minimum Gasteiger partial charge on any atom is -0.299 e. The molecule has 1 saturated heterocycles. The van der Waals surface area contributed by atoms with Crippen LogP contribution in [0.1, 0.15) is 27.2 Å². The third-order valence-electron chi connectivity index (χ3n) is 1.82. The highest BCUT2D eigenvalue weighted by atomic mass is 32.2. The Kier molecular flexibility index (Phi) is 2.09. The number of hydrogen-bond acceptors (Lipinski definition) is 2. The van der Waals surface area contributed by atoms with Gasteiger partial charge in [0.15, 0.2) is 0 Å². The molecular weight excluding hydrogens is 144 g/mol. The van der Waals surface area contributed by atoms with E-state index in [1.54, 1.807) is 0 Å². The van der Waals surface area contributed by atoms with E-state index in [0.29, 0.717) is 16.4 Å². The minimum absolute atomic E-state index is 0.302. The van der Waals surface area contributed by atoms with Crippen molar-refractivity contribution in [3.05, 3.63) is 0 Å². The van der Waals surface area contributed by atoms with Gasteiger partial charge in [0.1, 0.15) is 5.78 Å². The van der Waals surface area contributed by atoms with E-state index in [4.69, 9.17) is 0 Å². The van der Waals surface area contributed by atoms with Crippen LogP contribution in [0.15, 0.2) is 0 Å². The van der Waals surface area contributed by atoms with Crippen molar-refractivity contribution in [2.24, 2.45) is 5.41 Å². The summed E-state index contributed by atoms with van der Waals surface area (Å²) in [6.07, 6.45) is 0.786. The number of rotatable bonds is 0. The first-order valence-electron chi connectivity index (χ1n) is 3.63. The fraction of sp³-hybridized carbons (Fsp3) is 0.875. The standard InChI is InChI=1S/C8H14OS/c1-8(2,3)7-4-6(9)5-10-7/h7H,4-5H2,1-3H3/t7-/m0/s1. The molecule has 1 fully saturated rings. The molecule has 1 heterocycles. The fourth-order valence-electron chi connectivity index (χ4n) is 1.07. The molecule has 10 heavy (non-hydrogen) atoms. The van der Waals surface area contributed by atoms with E-state index in [9.17, 15) is 4.79 Å². The van der Waals surface area contributed by atoms with Gasteiger partial charge in [-0.2, -0.15) is 0 Å². The van der Waals surface area contributed by atoms with Gasteiger partial charge in [-0.05, 0) is 5.41 Å². The van der Waals surface area contributed by atoms with Gasteiger partial charge in [0.25, 0.3) is 0 Å². The molecule has 58 valence electrons.